The average molecular weight is 295 g/mol. The quantitative estimate of drug-likeness (QED) is 0.261. The Balaban J connectivity index is 1.96. The highest BCUT2D eigenvalue weighted by Crippen LogP contribution is 2.28. The van der Waals surface area contributed by atoms with E-state index in [4.69, 9.17) is 10.9 Å². The Morgan fingerprint density at radius 2 is 2.25 bits per heavy atom. The van der Waals surface area contributed by atoms with Gasteiger partial charge in [-0.3, -0.25) is 4.79 Å². The summed E-state index contributed by atoms with van der Waals surface area (Å²) in [6.45, 7) is 2.18. The van der Waals surface area contributed by atoms with E-state index in [-0.39, 0.29) is 17.7 Å². The van der Waals surface area contributed by atoms with Crippen molar-refractivity contribution in [2.24, 2.45) is 16.8 Å². The Labute approximate surface area is 122 Å². The maximum atomic E-state index is 12.1. The zero-order valence-electron chi connectivity index (χ0n) is 11.7. The summed E-state index contributed by atoms with van der Waals surface area (Å²) in [6.07, 6.45) is 5.88. The molecule has 0 bridgehead atoms. The number of nitrogens with two attached hydrogens (primary N) is 1. The highest BCUT2D eigenvalue weighted by Gasteiger charge is 2.17. The van der Waals surface area contributed by atoms with Crippen LogP contribution in [0.15, 0.2) is 11.2 Å². The van der Waals surface area contributed by atoms with Crippen molar-refractivity contribution >= 4 is 23.1 Å². The highest BCUT2D eigenvalue weighted by atomic mass is 32.1. The number of aryl methyl sites for hydroxylation is 2. The van der Waals surface area contributed by atoms with Gasteiger partial charge in [0, 0.05) is 17.3 Å². The number of rotatable bonds is 4. The topological polar surface area (TPSA) is 87.7 Å². The fourth-order valence-corrected chi connectivity index (χ4v) is 3.49. The maximum absolute atomic E-state index is 12.1. The van der Waals surface area contributed by atoms with E-state index in [1.165, 1.54) is 29.7 Å². The third-order valence-electron chi connectivity index (χ3n) is 3.66. The molecule has 1 heterocycles. The molecular formula is C14H21N3O2S. The zero-order chi connectivity index (χ0) is 14.5. The molecule has 0 saturated carbocycles. The van der Waals surface area contributed by atoms with Crippen molar-refractivity contribution in [1.82, 2.24) is 5.32 Å². The minimum atomic E-state index is -0.179. The smallest absolute Gasteiger partial charge is 0.261 e. The summed E-state index contributed by atoms with van der Waals surface area (Å²) in [6, 6.07) is 2.02. The van der Waals surface area contributed by atoms with Crippen LogP contribution >= 0.6 is 11.3 Å². The predicted octanol–water partition coefficient (Wildman–Crippen LogP) is 2.13. The summed E-state index contributed by atoms with van der Waals surface area (Å²) in [5.74, 6) is -0.116. The number of carbonyl (C=O) groups excluding carboxylic acids is 1. The van der Waals surface area contributed by atoms with Crippen LogP contribution in [0.2, 0.25) is 0 Å². The van der Waals surface area contributed by atoms with Gasteiger partial charge in [-0.25, -0.2) is 0 Å². The molecule has 6 heteroatoms. The molecule has 1 aliphatic carbocycles. The lowest BCUT2D eigenvalue weighted by Gasteiger charge is -2.10. The lowest BCUT2D eigenvalue weighted by molar-refractivity contribution is 0.0955. The number of oxime groups is 1. The molecule has 0 aromatic carbocycles. The van der Waals surface area contributed by atoms with Crippen LogP contribution < -0.4 is 11.1 Å². The van der Waals surface area contributed by atoms with Crippen molar-refractivity contribution in [1.29, 1.82) is 0 Å². The zero-order valence-corrected chi connectivity index (χ0v) is 12.5. The fourth-order valence-electron chi connectivity index (χ4n) is 2.32. The first-order chi connectivity index (χ1) is 9.61. The number of thiophene rings is 1. The largest absolute Gasteiger partial charge is 0.409 e. The monoisotopic (exact) mass is 295 g/mol. The number of amidine groups is 1. The van der Waals surface area contributed by atoms with E-state index in [1.807, 2.05) is 6.07 Å². The molecule has 1 aliphatic rings. The minimum Gasteiger partial charge on any atom is -0.409 e. The molecule has 1 amide bonds. The Morgan fingerprint density at radius 1 is 1.50 bits per heavy atom. The van der Waals surface area contributed by atoms with Crippen LogP contribution in [0.25, 0.3) is 0 Å². The first kappa shape index (κ1) is 14.8. The molecule has 0 fully saturated rings. The van der Waals surface area contributed by atoms with Gasteiger partial charge in [-0.05, 0) is 37.3 Å². The van der Waals surface area contributed by atoms with Crippen LogP contribution in [0.1, 0.15) is 46.3 Å². The Bertz CT molecular complexity index is 487. The maximum Gasteiger partial charge on any atom is 0.261 e. The number of hydrogen-bond acceptors (Lipinski definition) is 4. The third-order valence-corrected chi connectivity index (χ3v) is 4.90. The first-order valence-electron chi connectivity index (χ1n) is 6.99. The molecular weight excluding hydrogens is 274 g/mol. The van der Waals surface area contributed by atoms with Gasteiger partial charge >= 0.3 is 0 Å². The molecule has 4 N–H and O–H groups in total. The van der Waals surface area contributed by atoms with Gasteiger partial charge in [0.1, 0.15) is 5.84 Å². The minimum absolute atomic E-state index is 0.0688. The number of nitrogens with one attached hydrogen (secondary N) is 1. The van der Waals surface area contributed by atoms with Crippen LogP contribution in [0.4, 0.5) is 0 Å². The molecule has 0 saturated heterocycles. The second kappa shape index (κ2) is 6.74. The van der Waals surface area contributed by atoms with E-state index in [1.54, 1.807) is 18.3 Å². The van der Waals surface area contributed by atoms with Gasteiger partial charge in [0.05, 0.1) is 4.88 Å². The number of amides is 1. The third kappa shape index (κ3) is 3.50. The van der Waals surface area contributed by atoms with Crippen molar-refractivity contribution in [3.05, 3.63) is 21.4 Å². The summed E-state index contributed by atoms with van der Waals surface area (Å²) in [4.78, 5) is 14.2. The van der Waals surface area contributed by atoms with Crippen molar-refractivity contribution < 1.29 is 10.0 Å². The molecule has 1 atom stereocenters. The van der Waals surface area contributed by atoms with Crippen LogP contribution in [-0.4, -0.2) is 23.5 Å². The number of fused-ring (bicyclic) bond motifs is 1. The molecule has 110 valence electrons. The summed E-state index contributed by atoms with van der Waals surface area (Å²) in [5.41, 5.74) is 6.82. The molecule has 0 spiro atoms. The Hall–Kier alpha value is -1.56. The van der Waals surface area contributed by atoms with E-state index < -0.39 is 0 Å². The molecule has 5 nitrogen and oxygen atoms in total. The van der Waals surface area contributed by atoms with Crippen molar-refractivity contribution in [2.75, 3.05) is 6.54 Å². The van der Waals surface area contributed by atoms with Gasteiger partial charge in [-0.2, -0.15) is 0 Å². The highest BCUT2D eigenvalue weighted by molar-refractivity contribution is 7.14. The van der Waals surface area contributed by atoms with Gasteiger partial charge in [0.2, 0.25) is 0 Å². The number of carbonyl (C=O) groups is 1. The summed E-state index contributed by atoms with van der Waals surface area (Å²) >= 11 is 1.60. The van der Waals surface area contributed by atoms with Crippen LogP contribution in [0.3, 0.4) is 0 Å². The van der Waals surface area contributed by atoms with E-state index in [9.17, 15) is 4.79 Å². The second-order valence-electron chi connectivity index (χ2n) is 5.26. The SMILES string of the molecule is CC(CNC(=O)c1cc2c(s1)CCCCC2)C(N)=NO. The van der Waals surface area contributed by atoms with E-state index in [0.29, 0.717) is 6.54 Å². The van der Waals surface area contributed by atoms with Crippen LogP contribution in [0, 0.1) is 5.92 Å². The molecule has 2 rings (SSSR count). The Kier molecular flexibility index (Phi) is 5.00. The van der Waals surface area contributed by atoms with E-state index in [0.717, 1.165) is 17.7 Å². The molecule has 0 radical (unpaired) electrons. The van der Waals surface area contributed by atoms with Gasteiger partial charge in [0.15, 0.2) is 0 Å². The molecule has 1 unspecified atom stereocenters. The van der Waals surface area contributed by atoms with Crippen LogP contribution in [0.5, 0.6) is 0 Å². The van der Waals surface area contributed by atoms with Crippen molar-refractivity contribution in [3.8, 4) is 0 Å². The Morgan fingerprint density at radius 3 is 3.00 bits per heavy atom. The molecule has 1 aromatic heterocycles. The lowest BCUT2D eigenvalue weighted by atomic mass is 10.1. The average Bonchev–Trinajstić information content (AvgIpc) is 2.74. The van der Waals surface area contributed by atoms with Crippen molar-refractivity contribution in [2.45, 2.75) is 39.0 Å². The lowest BCUT2D eigenvalue weighted by Crippen LogP contribution is -2.34. The summed E-state index contributed by atoms with van der Waals surface area (Å²) < 4.78 is 0. The van der Waals surface area contributed by atoms with Gasteiger partial charge < -0.3 is 16.3 Å². The standard InChI is InChI=1S/C14H21N3O2S/c1-9(13(15)17-19)8-16-14(18)12-7-10-5-3-2-4-6-11(10)20-12/h7,9,19H,2-6,8H2,1H3,(H2,15,17)(H,16,18). The van der Waals surface area contributed by atoms with E-state index in [2.05, 4.69) is 10.5 Å². The molecule has 1 aromatic rings. The summed E-state index contributed by atoms with van der Waals surface area (Å²) in [7, 11) is 0. The first-order valence-corrected chi connectivity index (χ1v) is 7.80. The van der Waals surface area contributed by atoms with Crippen molar-refractivity contribution in [3.63, 3.8) is 0 Å². The summed E-state index contributed by atoms with van der Waals surface area (Å²) in [5, 5.41) is 14.4. The molecule has 0 aliphatic heterocycles. The molecule has 20 heavy (non-hydrogen) atoms. The van der Waals surface area contributed by atoms with Gasteiger partial charge in [0.25, 0.3) is 5.91 Å². The van der Waals surface area contributed by atoms with Gasteiger partial charge in [-0.1, -0.05) is 18.5 Å². The normalized spacial score (nSPS) is 17.1. The van der Waals surface area contributed by atoms with Crippen LogP contribution in [-0.2, 0) is 12.8 Å². The second-order valence-corrected chi connectivity index (χ2v) is 6.39. The van der Waals surface area contributed by atoms with E-state index >= 15 is 0 Å². The van der Waals surface area contributed by atoms with Gasteiger partial charge in [-0.15, -0.1) is 11.3 Å². The predicted molar refractivity (Wildman–Crippen MR) is 80.5 cm³/mol. The number of hydrogen-bond donors (Lipinski definition) is 3. The fraction of sp³-hybridized carbons (Fsp3) is 0.571. The number of nitrogens with zero attached hydrogens (tertiary/aromatic N) is 1.